The van der Waals surface area contributed by atoms with Crippen LogP contribution in [0.2, 0.25) is 0 Å². The van der Waals surface area contributed by atoms with Crippen LogP contribution in [0.4, 0.5) is 0 Å². The molecule has 0 saturated heterocycles. The molecule has 0 atom stereocenters. The van der Waals surface area contributed by atoms with Gasteiger partial charge in [0.05, 0.1) is 22.8 Å². The van der Waals surface area contributed by atoms with E-state index >= 15 is 0 Å². The Morgan fingerprint density at radius 1 is 0.333 bits per heavy atom. The fraction of sp³-hybridized carbons (Fsp3) is 0. The maximum Gasteiger partial charge on any atom is 0.0851 e. The van der Waals surface area contributed by atoms with Crippen molar-refractivity contribution >= 4 is 0 Å². The van der Waals surface area contributed by atoms with Gasteiger partial charge in [0, 0.05) is 0 Å². The van der Waals surface area contributed by atoms with E-state index in [4.69, 9.17) is 0 Å². The molecule has 0 aromatic rings. The van der Waals surface area contributed by atoms with Gasteiger partial charge < -0.3 is 0 Å². The molecule has 0 aromatic carbocycles. The smallest absolute Gasteiger partial charge is 0.0851 e. The number of azo groups is 2. The Bertz CT molecular complexity index is 1060. The summed E-state index contributed by atoms with van der Waals surface area (Å²) < 4.78 is 0. The quantitative estimate of drug-likeness (QED) is 0.149. The van der Waals surface area contributed by atoms with Crippen LogP contribution < -0.4 is 0 Å². The molecule has 0 aliphatic carbocycles. The molecular formula is C32H34N4. The molecule has 0 fully saturated rings. The molecule has 0 radical (unpaired) electrons. The van der Waals surface area contributed by atoms with E-state index in [-0.39, 0.29) is 0 Å². The lowest BCUT2D eigenvalue weighted by Crippen LogP contribution is -1.83. The molecule has 36 heavy (non-hydrogen) atoms. The predicted octanol–water partition coefficient (Wildman–Crippen LogP) is 9.88. The first kappa shape index (κ1) is 31.0. The fourth-order valence-corrected chi connectivity index (χ4v) is 2.18. The molecule has 0 rings (SSSR count). The van der Waals surface area contributed by atoms with Gasteiger partial charge >= 0.3 is 0 Å². The van der Waals surface area contributed by atoms with E-state index < -0.39 is 0 Å². The topological polar surface area (TPSA) is 49.4 Å². The number of rotatable bonds is 17. The summed E-state index contributed by atoms with van der Waals surface area (Å²) in [5, 5.41) is 16.8. The average molecular weight is 475 g/mol. The van der Waals surface area contributed by atoms with Crippen LogP contribution in [0.3, 0.4) is 0 Å². The third kappa shape index (κ3) is 13.6. The summed E-state index contributed by atoms with van der Waals surface area (Å²) in [6.45, 7) is 30.1. The summed E-state index contributed by atoms with van der Waals surface area (Å²) in [4.78, 5) is 0. The first-order valence-electron chi connectivity index (χ1n) is 10.9. The molecule has 0 aliphatic rings. The summed E-state index contributed by atoms with van der Waals surface area (Å²) in [6, 6.07) is 0. The highest BCUT2D eigenvalue weighted by atomic mass is 15.1. The van der Waals surface area contributed by atoms with Crippen molar-refractivity contribution in [2.45, 2.75) is 0 Å². The van der Waals surface area contributed by atoms with Crippen LogP contribution in [0.1, 0.15) is 0 Å². The van der Waals surface area contributed by atoms with E-state index in [0.717, 1.165) is 11.1 Å². The van der Waals surface area contributed by atoms with Crippen LogP contribution in [0.25, 0.3) is 0 Å². The van der Waals surface area contributed by atoms with Crippen molar-refractivity contribution in [3.05, 3.63) is 196 Å². The lowest BCUT2D eigenvalue weighted by Gasteiger charge is -2.02. The zero-order valence-electron chi connectivity index (χ0n) is 20.8. The van der Waals surface area contributed by atoms with E-state index in [9.17, 15) is 0 Å². The average Bonchev–Trinajstić information content (AvgIpc) is 2.91. The molecule has 0 spiro atoms. The van der Waals surface area contributed by atoms with Gasteiger partial charge in [0.15, 0.2) is 0 Å². The second-order valence-corrected chi connectivity index (χ2v) is 6.48. The summed E-state index contributed by atoms with van der Waals surface area (Å²) >= 11 is 0. The first-order valence-corrected chi connectivity index (χ1v) is 10.9. The van der Waals surface area contributed by atoms with Gasteiger partial charge in [-0.15, -0.1) is 0 Å². The van der Waals surface area contributed by atoms with E-state index in [2.05, 4.69) is 73.1 Å². The van der Waals surface area contributed by atoms with Crippen molar-refractivity contribution in [1.82, 2.24) is 0 Å². The van der Waals surface area contributed by atoms with E-state index in [1.165, 1.54) is 0 Å². The Morgan fingerprint density at radius 2 is 0.639 bits per heavy atom. The van der Waals surface area contributed by atoms with Gasteiger partial charge in [-0.3, -0.25) is 0 Å². The molecule has 0 heterocycles. The number of nitrogens with zero attached hydrogens (tertiary/aromatic N) is 4. The molecule has 0 bridgehead atoms. The number of allylic oxidation sites excluding steroid dienone is 20. The van der Waals surface area contributed by atoms with Gasteiger partial charge in [0.25, 0.3) is 0 Å². The Labute approximate surface area is 216 Å². The zero-order chi connectivity index (χ0) is 27.0. The third-order valence-electron chi connectivity index (χ3n) is 4.07. The Hall–Kier alpha value is -4.96. The lowest BCUT2D eigenvalue weighted by molar-refractivity contribution is 1.12. The SMILES string of the molecule is C=C\C=C/C=C(C=C)/N=N\C(C=C)=C\C=C(C=C)\C(C=C)=C\C=C(C=C)\N=N\C(C=C)=C\C=C/C=C. The predicted molar refractivity (Wildman–Crippen MR) is 158 cm³/mol. The second-order valence-electron chi connectivity index (χ2n) is 6.48. The summed E-state index contributed by atoms with van der Waals surface area (Å²) in [6.07, 6.45) is 31.2. The van der Waals surface area contributed by atoms with E-state index in [0.29, 0.717) is 22.8 Å². The number of hydrogen-bond acceptors (Lipinski definition) is 4. The first-order chi connectivity index (χ1) is 17.5. The lowest BCUT2D eigenvalue weighted by atomic mass is 10.0. The van der Waals surface area contributed by atoms with Gasteiger partial charge in [-0.2, -0.15) is 20.5 Å². The Kier molecular flexibility index (Phi) is 17.8. The summed E-state index contributed by atoms with van der Waals surface area (Å²) in [5.74, 6) is 0. The van der Waals surface area contributed by atoms with Crippen molar-refractivity contribution in [2.75, 3.05) is 0 Å². The van der Waals surface area contributed by atoms with Crippen molar-refractivity contribution in [1.29, 1.82) is 0 Å². The fourth-order valence-electron chi connectivity index (χ4n) is 2.18. The van der Waals surface area contributed by atoms with Crippen LogP contribution in [-0.2, 0) is 0 Å². The summed E-state index contributed by atoms with van der Waals surface area (Å²) in [7, 11) is 0. The molecular weight excluding hydrogens is 440 g/mol. The Morgan fingerprint density at radius 3 is 0.889 bits per heavy atom. The number of hydrogen-bond donors (Lipinski definition) is 0. The minimum Gasteiger partial charge on any atom is -0.151 e. The van der Waals surface area contributed by atoms with Crippen LogP contribution in [0, 0.1) is 0 Å². The minimum absolute atomic E-state index is 0.559. The van der Waals surface area contributed by atoms with Gasteiger partial charge in [-0.1, -0.05) is 113 Å². The largest absolute Gasteiger partial charge is 0.151 e. The molecule has 0 N–H and O–H groups in total. The Balaban J connectivity index is 6.01. The van der Waals surface area contributed by atoms with Crippen molar-refractivity contribution in [3.63, 3.8) is 0 Å². The second kappa shape index (κ2) is 20.6. The van der Waals surface area contributed by atoms with Gasteiger partial charge in [-0.05, 0) is 59.8 Å². The van der Waals surface area contributed by atoms with E-state index in [1.807, 2.05) is 12.2 Å². The van der Waals surface area contributed by atoms with Crippen molar-refractivity contribution in [2.24, 2.45) is 20.5 Å². The molecule has 0 aromatic heterocycles. The molecule has 0 unspecified atom stereocenters. The molecule has 4 nitrogen and oxygen atoms in total. The normalized spacial score (nSPS) is 14.4. The monoisotopic (exact) mass is 474 g/mol. The standard InChI is InChI=1S/C32H34N4/c1-9-17-19-21-29(13-5)33-35-31(15-7)25-23-27(11-3)28(12-4)24-26-32(16-8)36-34-30(14-6)22-20-18-10-2/h9-26H,1-8H2/b19-17-,20-18-,27-23+,28-24+,29-21+,30-22+,31-25+,32-26+,35-33-,36-34+. The third-order valence-corrected chi connectivity index (χ3v) is 4.07. The molecule has 0 saturated carbocycles. The zero-order valence-corrected chi connectivity index (χ0v) is 20.8. The molecule has 4 heteroatoms. The van der Waals surface area contributed by atoms with Gasteiger partial charge in [0.1, 0.15) is 0 Å². The van der Waals surface area contributed by atoms with Gasteiger partial charge in [-0.25, -0.2) is 0 Å². The van der Waals surface area contributed by atoms with Crippen LogP contribution >= 0.6 is 0 Å². The van der Waals surface area contributed by atoms with Gasteiger partial charge in [0.2, 0.25) is 0 Å². The van der Waals surface area contributed by atoms with E-state index in [1.54, 1.807) is 97.2 Å². The minimum atomic E-state index is 0.559. The maximum atomic E-state index is 4.21. The molecule has 182 valence electrons. The van der Waals surface area contributed by atoms with Crippen molar-refractivity contribution < 1.29 is 0 Å². The van der Waals surface area contributed by atoms with Crippen molar-refractivity contribution in [3.8, 4) is 0 Å². The maximum absolute atomic E-state index is 4.21. The van der Waals surface area contributed by atoms with Crippen LogP contribution in [-0.4, -0.2) is 0 Å². The highest BCUT2D eigenvalue weighted by Gasteiger charge is 1.97. The molecule has 0 amide bonds. The highest BCUT2D eigenvalue weighted by molar-refractivity contribution is 5.49. The van der Waals surface area contributed by atoms with Crippen LogP contribution in [0.5, 0.6) is 0 Å². The molecule has 0 aliphatic heterocycles. The highest BCUT2D eigenvalue weighted by Crippen LogP contribution is 2.16. The summed E-state index contributed by atoms with van der Waals surface area (Å²) in [5.41, 5.74) is 3.94. The van der Waals surface area contributed by atoms with Crippen LogP contribution in [0.15, 0.2) is 216 Å².